The highest BCUT2D eigenvalue weighted by molar-refractivity contribution is 8.01. The van der Waals surface area contributed by atoms with E-state index < -0.39 is 10.0 Å². The van der Waals surface area contributed by atoms with Gasteiger partial charge < -0.3 is 10.1 Å². The lowest BCUT2D eigenvalue weighted by atomic mass is 10.2. The lowest BCUT2D eigenvalue weighted by Crippen LogP contribution is -2.22. The molecule has 0 unspecified atom stereocenters. The van der Waals surface area contributed by atoms with Crippen molar-refractivity contribution in [3.8, 4) is 0 Å². The Balaban J connectivity index is 1.98. The van der Waals surface area contributed by atoms with Crippen LogP contribution in [-0.2, 0) is 30.8 Å². The Labute approximate surface area is 178 Å². The number of ether oxygens (including phenoxy) is 1. The highest BCUT2D eigenvalue weighted by Crippen LogP contribution is 2.25. The van der Waals surface area contributed by atoms with Gasteiger partial charge in [-0.05, 0) is 31.5 Å². The van der Waals surface area contributed by atoms with Crippen LogP contribution in [0.3, 0.4) is 0 Å². The van der Waals surface area contributed by atoms with Gasteiger partial charge in [0.15, 0.2) is 4.34 Å². The van der Waals surface area contributed by atoms with Crippen molar-refractivity contribution in [2.24, 2.45) is 0 Å². The first-order chi connectivity index (χ1) is 13.6. The van der Waals surface area contributed by atoms with Crippen molar-refractivity contribution in [1.82, 2.24) is 9.29 Å². The zero-order valence-electron chi connectivity index (χ0n) is 16.6. The second-order valence-electron chi connectivity index (χ2n) is 6.19. The number of sulfonamides is 1. The monoisotopic (exact) mass is 457 g/mol. The summed E-state index contributed by atoms with van der Waals surface area (Å²) in [5, 5.41) is 4.51. The minimum Gasteiger partial charge on any atom is -0.466 e. The lowest BCUT2D eigenvalue weighted by Gasteiger charge is -2.14. The number of amides is 1. The molecule has 0 radical (unpaired) electrons. The van der Waals surface area contributed by atoms with Crippen LogP contribution in [0.15, 0.2) is 32.8 Å². The summed E-state index contributed by atoms with van der Waals surface area (Å²) in [6, 6.07) is 4.62. The molecule has 0 aliphatic rings. The van der Waals surface area contributed by atoms with Gasteiger partial charge in [-0.15, -0.1) is 11.3 Å². The van der Waals surface area contributed by atoms with Crippen LogP contribution in [0.5, 0.6) is 0 Å². The fourth-order valence-corrected chi connectivity index (χ4v) is 4.79. The predicted octanol–water partition coefficient (Wildman–Crippen LogP) is 2.54. The zero-order valence-corrected chi connectivity index (χ0v) is 19.0. The summed E-state index contributed by atoms with van der Waals surface area (Å²) >= 11 is 2.60. The Morgan fingerprint density at radius 1 is 1.31 bits per heavy atom. The second kappa shape index (κ2) is 10.2. The van der Waals surface area contributed by atoms with Gasteiger partial charge in [-0.1, -0.05) is 17.8 Å². The maximum Gasteiger partial charge on any atom is 0.311 e. The quantitative estimate of drug-likeness (QED) is 0.456. The van der Waals surface area contributed by atoms with Crippen molar-refractivity contribution >= 4 is 50.7 Å². The molecule has 0 bridgehead atoms. The molecule has 0 aliphatic carbocycles. The zero-order chi connectivity index (χ0) is 21.6. The number of hydrogen-bond donors (Lipinski definition) is 1. The number of nitrogens with one attached hydrogen (secondary N) is 1. The first-order valence-electron chi connectivity index (χ1n) is 8.69. The number of esters is 1. The summed E-state index contributed by atoms with van der Waals surface area (Å²) in [4.78, 5) is 28.2. The van der Waals surface area contributed by atoms with Gasteiger partial charge in [0.25, 0.3) is 0 Å². The molecule has 8 nitrogen and oxygen atoms in total. The van der Waals surface area contributed by atoms with Crippen LogP contribution in [-0.4, -0.2) is 56.0 Å². The van der Waals surface area contributed by atoms with E-state index in [4.69, 9.17) is 4.74 Å². The third-order valence-corrected chi connectivity index (χ3v) is 7.63. The minimum absolute atomic E-state index is 0.101. The van der Waals surface area contributed by atoms with Crippen LogP contribution in [0.25, 0.3) is 0 Å². The molecule has 0 aliphatic heterocycles. The summed E-state index contributed by atoms with van der Waals surface area (Å²) < 4.78 is 31.2. The van der Waals surface area contributed by atoms with Gasteiger partial charge in [-0.2, -0.15) is 0 Å². The highest BCUT2D eigenvalue weighted by Gasteiger charge is 2.19. The van der Waals surface area contributed by atoms with E-state index in [1.807, 2.05) is 0 Å². The standard InChI is InChI=1S/C18H23N3O5S3/c1-5-26-17(23)8-13-10-27-18(19-13)28-11-16(22)20-15-9-14(7-6-12(15)2)29(24,25)21(3)4/h6-7,9-10H,5,8,11H2,1-4H3,(H,20,22). The molecule has 0 fully saturated rings. The number of thiazole rings is 1. The van der Waals surface area contributed by atoms with Crippen molar-refractivity contribution in [2.45, 2.75) is 29.5 Å². The summed E-state index contributed by atoms with van der Waals surface area (Å²) in [7, 11) is -0.683. The molecule has 0 saturated carbocycles. The van der Waals surface area contributed by atoms with Crippen molar-refractivity contribution in [2.75, 3.05) is 31.8 Å². The van der Waals surface area contributed by atoms with Gasteiger partial charge in [-0.25, -0.2) is 17.7 Å². The number of benzene rings is 1. The Hall–Kier alpha value is -1.95. The molecular weight excluding hydrogens is 434 g/mol. The van der Waals surface area contributed by atoms with E-state index >= 15 is 0 Å². The molecule has 1 amide bonds. The summed E-state index contributed by atoms with van der Waals surface area (Å²) in [6.07, 6.45) is 0.101. The minimum atomic E-state index is -3.59. The normalized spacial score (nSPS) is 11.5. The maximum atomic E-state index is 12.3. The summed E-state index contributed by atoms with van der Waals surface area (Å²) in [5.41, 5.74) is 1.81. The SMILES string of the molecule is CCOC(=O)Cc1csc(SCC(=O)Nc2cc(S(=O)(=O)N(C)C)ccc2C)n1. The first-order valence-corrected chi connectivity index (χ1v) is 12.0. The van der Waals surface area contributed by atoms with Gasteiger partial charge in [0.1, 0.15) is 0 Å². The number of aryl methyl sites for hydroxylation is 1. The number of carbonyl (C=O) groups excluding carboxylic acids is 2. The predicted molar refractivity (Wildman–Crippen MR) is 114 cm³/mol. The molecule has 0 atom stereocenters. The van der Waals surface area contributed by atoms with E-state index in [9.17, 15) is 18.0 Å². The van der Waals surface area contributed by atoms with E-state index in [1.54, 1.807) is 25.3 Å². The number of hydrogen-bond acceptors (Lipinski definition) is 8. The number of aromatic nitrogens is 1. The lowest BCUT2D eigenvalue weighted by molar-refractivity contribution is -0.142. The molecule has 1 aromatic carbocycles. The van der Waals surface area contributed by atoms with Crippen LogP contribution in [0.4, 0.5) is 5.69 Å². The topological polar surface area (TPSA) is 106 Å². The van der Waals surface area contributed by atoms with Gasteiger partial charge in [0.05, 0.1) is 29.4 Å². The van der Waals surface area contributed by atoms with Gasteiger partial charge in [0, 0.05) is 25.2 Å². The smallest absolute Gasteiger partial charge is 0.311 e. The second-order valence-corrected chi connectivity index (χ2v) is 10.4. The maximum absolute atomic E-state index is 12.3. The molecule has 2 aromatic rings. The number of anilines is 1. The van der Waals surface area contributed by atoms with Crippen molar-refractivity contribution in [1.29, 1.82) is 0 Å². The average Bonchev–Trinajstić information content (AvgIpc) is 3.09. The van der Waals surface area contributed by atoms with E-state index in [0.29, 0.717) is 22.3 Å². The van der Waals surface area contributed by atoms with Crippen molar-refractivity contribution < 1.29 is 22.7 Å². The third kappa shape index (κ3) is 6.53. The molecule has 1 aromatic heterocycles. The Morgan fingerprint density at radius 2 is 2.03 bits per heavy atom. The molecule has 0 saturated heterocycles. The third-order valence-electron chi connectivity index (χ3n) is 3.75. The highest BCUT2D eigenvalue weighted by atomic mass is 32.2. The fourth-order valence-electron chi connectivity index (χ4n) is 2.22. The molecule has 158 valence electrons. The number of rotatable bonds is 9. The Morgan fingerprint density at radius 3 is 2.69 bits per heavy atom. The van der Waals surface area contributed by atoms with Crippen LogP contribution < -0.4 is 5.32 Å². The molecule has 29 heavy (non-hydrogen) atoms. The average molecular weight is 458 g/mol. The van der Waals surface area contributed by atoms with E-state index in [1.165, 1.54) is 49.3 Å². The number of nitrogens with zero attached hydrogens (tertiary/aromatic N) is 2. The van der Waals surface area contributed by atoms with Crippen LogP contribution in [0.2, 0.25) is 0 Å². The van der Waals surface area contributed by atoms with Gasteiger partial charge in [0.2, 0.25) is 15.9 Å². The largest absolute Gasteiger partial charge is 0.466 e. The molecule has 2 rings (SSSR count). The summed E-state index contributed by atoms with van der Waals surface area (Å²) in [6.45, 7) is 3.85. The van der Waals surface area contributed by atoms with E-state index in [2.05, 4.69) is 10.3 Å². The Kier molecular flexibility index (Phi) is 8.20. The molecule has 11 heteroatoms. The van der Waals surface area contributed by atoms with Gasteiger partial charge in [-0.3, -0.25) is 9.59 Å². The number of carbonyl (C=O) groups is 2. The molecule has 1 N–H and O–H groups in total. The summed E-state index contributed by atoms with van der Waals surface area (Å²) in [5.74, 6) is -0.508. The van der Waals surface area contributed by atoms with E-state index in [0.717, 1.165) is 9.87 Å². The van der Waals surface area contributed by atoms with Crippen molar-refractivity contribution in [3.05, 3.63) is 34.8 Å². The molecule has 0 spiro atoms. The Bertz CT molecular complexity index is 986. The van der Waals surface area contributed by atoms with Crippen molar-refractivity contribution in [3.63, 3.8) is 0 Å². The van der Waals surface area contributed by atoms with E-state index in [-0.39, 0.29) is 28.9 Å². The van der Waals surface area contributed by atoms with Gasteiger partial charge >= 0.3 is 5.97 Å². The molecular formula is C18H23N3O5S3. The van der Waals surface area contributed by atoms with Crippen LogP contribution in [0, 0.1) is 6.92 Å². The van der Waals surface area contributed by atoms with Crippen LogP contribution in [0.1, 0.15) is 18.2 Å². The van der Waals surface area contributed by atoms with Crippen LogP contribution >= 0.6 is 23.1 Å². The first kappa shape index (κ1) is 23.3. The molecule has 1 heterocycles. The fraction of sp³-hybridized carbons (Fsp3) is 0.389. The number of thioether (sulfide) groups is 1.